The van der Waals surface area contributed by atoms with Gasteiger partial charge in [-0.25, -0.2) is 18.2 Å². The summed E-state index contributed by atoms with van der Waals surface area (Å²) in [6, 6.07) is 5.25. The maximum Gasteiger partial charge on any atom is 0.433 e. The van der Waals surface area contributed by atoms with E-state index in [2.05, 4.69) is 31.3 Å². The lowest BCUT2D eigenvalue weighted by molar-refractivity contribution is -0.140. The molecule has 194 valence electrons. The van der Waals surface area contributed by atoms with E-state index in [-0.39, 0.29) is 42.1 Å². The zero-order chi connectivity index (χ0) is 27.2. The third-order valence-electron chi connectivity index (χ3n) is 5.25. The second-order valence-electron chi connectivity index (χ2n) is 7.70. The molecule has 0 unspecified atom stereocenters. The Balaban J connectivity index is 1.86. The molecule has 0 aliphatic rings. The number of halogens is 7. The van der Waals surface area contributed by atoms with E-state index in [4.69, 9.17) is 5.73 Å². The number of anilines is 1. The van der Waals surface area contributed by atoms with Crippen LogP contribution >= 0.6 is 27.3 Å². The molecule has 4 rings (SSSR count). The average molecular weight is 606 g/mol. The lowest BCUT2D eigenvalue weighted by atomic mass is 10.0. The molecular weight excluding hydrogens is 592 g/mol. The number of fused-ring (bicyclic) bond motifs is 1. The predicted molar refractivity (Wildman–Crippen MR) is 127 cm³/mol. The number of nitrogens with one attached hydrogen (secondary N) is 1. The summed E-state index contributed by atoms with van der Waals surface area (Å²) in [6.07, 6.45) is -7.76. The number of nitrogens with zero attached hydrogens (tertiary/aromatic N) is 3. The van der Waals surface area contributed by atoms with Gasteiger partial charge in [-0.05, 0) is 52.2 Å². The fraction of sp³-hybridized carbons (Fsp3) is 0.182. The van der Waals surface area contributed by atoms with Gasteiger partial charge in [0, 0.05) is 5.39 Å². The first-order chi connectivity index (χ1) is 17.3. The molecule has 0 saturated heterocycles. The van der Waals surface area contributed by atoms with Gasteiger partial charge in [-0.2, -0.15) is 18.3 Å². The van der Waals surface area contributed by atoms with Crippen molar-refractivity contribution in [3.05, 3.63) is 62.6 Å². The van der Waals surface area contributed by atoms with Crippen LogP contribution in [-0.4, -0.2) is 26.6 Å². The highest BCUT2D eigenvalue weighted by Gasteiger charge is 2.35. The predicted octanol–water partition coefficient (Wildman–Crippen LogP) is 6.06. The topological polar surface area (TPSA) is 103 Å². The number of rotatable bonds is 6. The van der Waals surface area contributed by atoms with Crippen molar-refractivity contribution in [2.45, 2.75) is 26.1 Å². The highest BCUT2D eigenvalue weighted by Crippen LogP contribution is 2.43. The molecule has 2 amide bonds. The Bertz CT molecular complexity index is 1530. The molecule has 0 aliphatic carbocycles. The van der Waals surface area contributed by atoms with E-state index in [1.54, 1.807) is 0 Å². The number of nitrogens with two attached hydrogens (primary N) is 1. The number of pyridine rings is 1. The maximum atomic E-state index is 13.6. The fourth-order valence-electron chi connectivity index (χ4n) is 3.55. The number of hydrogen-bond donors (Lipinski definition) is 2. The first kappa shape index (κ1) is 26.6. The number of amides is 2. The summed E-state index contributed by atoms with van der Waals surface area (Å²) in [5, 5.41) is 6.12. The molecule has 0 spiro atoms. The molecule has 15 heteroatoms. The Morgan fingerprint density at radius 1 is 1.22 bits per heavy atom. The van der Waals surface area contributed by atoms with Gasteiger partial charge in [0.15, 0.2) is 0 Å². The highest BCUT2D eigenvalue weighted by atomic mass is 79.9. The molecule has 0 atom stereocenters. The van der Waals surface area contributed by atoms with Gasteiger partial charge >= 0.3 is 6.18 Å². The van der Waals surface area contributed by atoms with Gasteiger partial charge in [-0.1, -0.05) is 12.1 Å². The van der Waals surface area contributed by atoms with E-state index in [0.29, 0.717) is 17.4 Å². The number of carbonyl (C=O) groups excluding carboxylic acids is 2. The molecule has 7 nitrogen and oxygen atoms in total. The zero-order valence-electron chi connectivity index (χ0n) is 18.5. The molecule has 0 bridgehead atoms. The Hall–Kier alpha value is -3.46. The number of hydrogen-bond acceptors (Lipinski definition) is 5. The third-order valence-corrected chi connectivity index (χ3v) is 7.33. The number of benzene rings is 1. The first-order valence-electron chi connectivity index (χ1n) is 10.2. The van der Waals surface area contributed by atoms with E-state index >= 15 is 0 Å². The van der Waals surface area contributed by atoms with Crippen LogP contribution in [0.25, 0.3) is 21.3 Å². The Kier molecular flexibility index (Phi) is 7.03. The smallest absolute Gasteiger partial charge is 0.365 e. The van der Waals surface area contributed by atoms with Crippen molar-refractivity contribution in [1.82, 2.24) is 14.8 Å². The number of alkyl halides is 5. The summed E-state index contributed by atoms with van der Waals surface area (Å²) < 4.78 is 81.6. The normalized spacial score (nSPS) is 11.9. The monoisotopic (exact) mass is 605 g/mol. The molecule has 3 N–H and O–H groups in total. The van der Waals surface area contributed by atoms with Crippen molar-refractivity contribution in [3.63, 3.8) is 0 Å². The van der Waals surface area contributed by atoms with Crippen molar-refractivity contribution in [2.24, 2.45) is 5.73 Å². The standard InChI is InChI=1S/C22H14BrF6N5O2S/c1-8-15(23)17(19(25)26)33-34(8)7-13(35)32-16-14-11(9-2-4-10(24)5-3-9)6-12(22(27,28)29)31-21(14)37-18(16)20(30)36/h2-6,19H,7H2,1H3,(H2,30,36)(H,32,35). The van der Waals surface area contributed by atoms with Gasteiger partial charge in [-0.3, -0.25) is 14.3 Å². The number of primary amides is 1. The number of aromatic nitrogens is 3. The van der Waals surface area contributed by atoms with E-state index in [0.717, 1.165) is 16.8 Å². The second kappa shape index (κ2) is 9.78. The van der Waals surface area contributed by atoms with Crippen molar-refractivity contribution in [1.29, 1.82) is 0 Å². The van der Waals surface area contributed by atoms with Gasteiger partial charge < -0.3 is 11.1 Å². The molecule has 0 saturated carbocycles. The molecule has 4 aromatic rings. The van der Waals surface area contributed by atoms with E-state index in [1.807, 2.05) is 0 Å². The maximum absolute atomic E-state index is 13.6. The minimum Gasteiger partial charge on any atom is -0.365 e. The van der Waals surface area contributed by atoms with Crippen molar-refractivity contribution >= 4 is 55.0 Å². The molecule has 0 radical (unpaired) electrons. The van der Waals surface area contributed by atoms with Crippen molar-refractivity contribution in [3.8, 4) is 11.1 Å². The molecule has 1 aromatic carbocycles. The second-order valence-corrected chi connectivity index (χ2v) is 9.49. The van der Waals surface area contributed by atoms with Crippen molar-refractivity contribution in [2.75, 3.05) is 5.32 Å². The summed E-state index contributed by atoms with van der Waals surface area (Å²) in [6.45, 7) is 0.882. The average Bonchev–Trinajstić information content (AvgIpc) is 3.31. The summed E-state index contributed by atoms with van der Waals surface area (Å²) in [5.41, 5.74) is 3.65. The lowest BCUT2D eigenvalue weighted by Gasteiger charge is -2.13. The molecule has 37 heavy (non-hydrogen) atoms. The van der Waals surface area contributed by atoms with Crippen LogP contribution in [0.5, 0.6) is 0 Å². The van der Waals surface area contributed by atoms with E-state index < -0.39 is 48.2 Å². The summed E-state index contributed by atoms with van der Waals surface area (Å²) in [5.74, 6) is -2.51. The number of thiophene rings is 1. The van der Waals surface area contributed by atoms with Crippen molar-refractivity contribution < 1.29 is 35.9 Å². The highest BCUT2D eigenvalue weighted by molar-refractivity contribution is 9.10. The van der Waals surface area contributed by atoms with Crippen LogP contribution in [0.3, 0.4) is 0 Å². The fourth-order valence-corrected chi connectivity index (χ4v) is 5.01. The first-order valence-corrected chi connectivity index (χ1v) is 11.8. The van der Waals surface area contributed by atoms with Crippen LogP contribution in [0.2, 0.25) is 0 Å². The van der Waals surface area contributed by atoms with Gasteiger partial charge in [0.25, 0.3) is 12.3 Å². The quantitative estimate of drug-likeness (QED) is 0.261. The van der Waals surface area contributed by atoms with Gasteiger partial charge in [-0.15, -0.1) is 11.3 Å². The molecule has 3 heterocycles. The minimum absolute atomic E-state index is 0.0107. The minimum atomic E-state index is -4.85. The van der Waals surface area contributed by atoms with Crippen LogP contribution in [0.1, 0.15) is 33.2 Å². The molecule has 0 aliphatic heterocycles. The SMILES string of the molecule is Cc1c(Br)c(C(F)F)nn1CC(=O)Nc1c(C(N)=O)sc2nc(C(F)(F)F)cc(-c3ccc(F)cc3)c12. The molecular formula is C22H14BrF6N5O2S. The lowest BCUT2D eigenvalue weighted by Crippen LogP contribution is -2.22. The Morgan fingerprint density at radius 3 is 2.41 bits per heavy atom. The van der Waals surface area contributed by atoms with E-state index in [9.17, 15) is 35.9 Å². The van der Waals surface area contributed by atoms with Crippen LogP contribution in [0.15, 0.2) is 34.8 Å². The van der Waals surface area contributed by atoms with Crippen LogP contribution in [-0.2, 0) is 17.5 Å². The third kappa shape index (κ3) is 5.18. The van der Waals surface area contributed by atoms with E-state index in [1.165, 1.54) is 19.1 Å². The van der Waals surface area contributed by atoms with Gasteiger partial charge in [0.05, 0.1) is 15.9 Å². The van der Waals surface area contributed by atoms with Crippen LogP contribution < -0.4 is 11.1 Å². The number of carbonyl (C=O) groups is 2. The largest absolute Gasteiger partial charge is 0.433 e. The zero-order valence-corrected chi connectivity index (χ0v) is 20.9. The molecule has 3 aromatic heterocycles. The summed E-state index contributed by atoms with van der Waals surface area (Å²) >= 11 is 3.53. The van der Waals surface area contributed by atoms with Gasteiger partial charge in [0.1, 0.15) is 33.5 Å². The van der Waals surface area contributed by atoms with Gasteiger partial charge in [0.2, 0.25) is 5.91 Å². The summed E-state index contributed by atoms with van der Waals surface area (Å²) in [4.78, 5) is 28.1. The Labute approximate surface area is 216 Å². The summed E-state index contributed by atoms with van der Waals surface area (Å²) in [7, 11) is 0. The molecule has 0 fully saturated rings. The van der Waals surface area contributed by atoms with Crippen LogP contribution in [0.4, 0.5) is 32.0 Å². The Morgan fingerprint density at radius 2 is 1.86 bits per heavy atom. The van der Waals surface area contributed by atoms with Crippen LogP contribution in [0, 0.1) is 12.7 Å².